The maximum atomic E-state index is 2.48. The Kier molecular flexibility index (Phi) is 5.78. The number of rotatable bonds is 4. The molecule has 0 amide bonds. The van der Waals surface area contributed by atoms with Crippen molar-refractivity contribution < 1.29 is 0 Å². The van der Waals surface area contributed by atoms with Crippen LogP contribution in [0.3, 0.4) is 0 Å². The highest BCUT2D eigenvalue weighted by atomic mass is 32.1. The minimum atomic E-state index is 1.14. The average Bonchev–Trinajstić information content (AvgIpc) is 3.70. The smallest absolute Gasteiger partial charge is 0.0640 e. The average molecular weight is 617 g/mol. The quantitative estimate of drug-likeness (QED) is 0.191. The second-order valence-corrected chi connectivity index (χ2v) is 13.1. The Morgan fingerprint density at radius 1 is 0.404 bits per heavy atom. The molecule has 0 fully saturated rings. The molecule has 0 radical (unpaired) electrons. The van der Waals surface area contributed by atoms with Gasteiger partial charge in [-0.1, -0.05) is 127 Å². The topological polar surface area (TPSA) is 8.17 Å². The van der Waals surface area contributed by atoms with Crippen LogP contribution in [0.5, 0.6) is 0 Å². The van der Waals surface area contributed by atoms with Gasteiger partial charge in [0.2, 0.25) is 0 Å². The van der Waals surface area contributed by atoms with E-state index in [2.05, 4.69) is 179 Å². The third-order valence-electron chi connectivity index (χ3n) is 9.53. The maximum Gasteiger partial charge on any atom is 0.0640 e. The summed E-state index contributed by atoms with van der Waals surface area (Å²) in [6, 6.07) is 61.8. The van der Waals surface area contributed by atoms with Gasteiger partial charge in [0.25, 0.3) is 0 Å². The molecule has 0 aliphatic rings. The minimum Gasteiger partial charge on any atom is -0.309 e. The summed E-state index contributed by atoms with van der Waals surface area (Å²) in [7, 11) is 0. The molecule has 0 aliphatic carbocycles. The predicted molar refractivity (Wildman–Crippen MR) is 203 cm³/mol. The molecule has 8 aromatic carbocycles. The zero-order valence-corrected chi connectivity index (χ0v) is 26.3. The fraction of sp³-hybridized carbons (Fsp3) is 0. The van der Waals surface area contributed by atoms with E-state index < -0.39 is 0 Å². The Morgan fingerprint density at radius 2 is 1.00 bits per heavy atom. The molecule has 10 rings (SSSR count). The monoisotopic (exact) mass is 616 g/mol. The summed E-state index contributed by atoms with van der Waals surface area (Å²) in [5.41, 5.74) is 7.07. The molecule has 0 N–H and O–H groups in total. The number of thiophene rings is 1. The Balaban J connectivity index is 1.35. The summed E-state index contributed by atoms with van der Waals surface area (Å²) in [5, 5.41) is 10.2. The van der Waals surface area contributed by atoms with E-state index in [1.54, 1.807) is 0 Å². The highest BCUT2D eigenvalue weighted by Gasteiger charge is 2.24. The zero-order chi connectivity index (χ0) is 30.9. The number of fused-ring (bicyclic) bond motifs is 10. The number of para-hydroxylation sites is 2. The predicted octanol–water partition coefficient (Wildman–Crippen LogP) is 12.9. The van der Waals surface area contributed by atoms with E-state index in [4.69, 9.17) is 0 Å². The molecule has 0 aliphatic heterocycles. The van der Waals surface area contributed by atoms with Crippen LogP contribution in [-0.2, 0) is 0 Å². The van der Waals surface area contributed by atoms with Crippen LogP contribution in [0.1, 0.15) is 0 Å². The summed E-state index contributed by atoms with van der Waals surface area (Å²) in [4.78, 5) is 2.48. The Hall–Kier alpha value is -5.90. The molecule has 0 unspecified atom stereocenters. The first-order valence-corrected chi connectivity index (χ1v) is 16.9. The van der Waals surface area contributed by atoms with Crippen molar-refractivity contribution in [3.8, 4) is 5.69 Å². The molecular weight excluding hydrogens is 589 g/mol. The van der Waals surface area contributed by atoms with Crippen LogP contribution < -0.4 is 4.90 Å². The van der Waals surface area contributed by atoms with E-state index in [1.807, 2.05) is 11.3 Å². The van der Waals surface area contributed by atoms with Crippen molar-refractivity contribution in [2.75, 3.05) is 4.90 Å². The van der Waals surface area contributed by atoms with E-state index in [1.165, 1.54) is 74.9 Å². The van der Waals surface area contributed by atoms with Gasteiger partial charge in [0, 0.05) is 43.0 Å². The Bertz CT molecular complexity index is 2790. The molecule has 3 heteroatoms. The molecule has 0 atom stereocenters. The fourth-order valence-electron chi connectivity index (χ4n) is 7.51. The van der Waals surface area contributed by atoms with Crippen LogP contribution in [0.2, 0.25) is 0 Å². The second-order valence-electron chi connectivity index (χ2n) is 12.1. The van der Waals surface area contributed by atoms with Gasteiger partial charge in [0.1, 0.15) is 0 Å². The van der Waals surface area contributed by atoms with Crippen molar-refractivity contribution in [2.24, 2.45) is 0 Å². The van der Waals surface area contributed by atoms with Crippen LogP contribution in [-0.4, -0.2) is 4.57 Å². The first-order valence-electron chi connectivity index (χ1n) is 16.0. The lowest BCUT2D eigenvalue weighted by Gasteiger charge is -2.27. The number of anilines is 3. The van der Waals surface area contributed by atoms with E-state index >= 15 is 0 Å². The standard InChI is InChI=1S/C44H28N2S/c1-3-15-31(16-4-1)45(40-24-11-21-35-36-27-25-30-14-8-10-20-34(30)43(36)47-44(35)40)38-22-12-23-39-41(38)37-28-26-29-13-7-9-19-33(29)42(37)46(39)32-17-5-2-6-18-32/h1-28H. The van der Waals surface area contributed by atoms with Crippen molar-refractivity contribution >= 4 is 91.9 Å². The molecule has 10 aromatic rings. The van der Waals surface area contributed by atoms with Crippen molar-refractivity contribution in [3.63, 3.8) is 0 Å². The van der Waals surface area contributed by atoms with Crippen molar-refractivity contribution in [1.82, 2.24) is 4.57 Å². The highest BCUT2D eigenvalue weighted by Crippen LogP contribution is 2.49. The second kappa shape index (κ2) is 10.3. The Labute approximate surface area is 276 Å². The van der Waals surface area contributed by atoms with Crippen LogP contribution in [0.4, 0.5) is 17.1 Å². The van der Waals surface area contributed by atoms with Gasteiger partial charge in [-0.2, -0.15) is 0 Å². The van der Waals surface area contributed by atoms with Crippen molar-refractivity contribution in [1.29, 1.82) is 0 Å². The number of benzene rings is 8. The summed E-state index contributed by atoms with van der Waals surface area (Å²) in [6.07, 6.45) is 0. The molecule has 2 aromatic heterocycles. The lowest BCUT2D eigenvalue weighted by Crippen LogP contribution is -2.10. The normalized spacial score (nSPS) is 11.8. The highest BCUT2D eigenvalue weighted by molar-refractivity contribution is 7.27. The van der Waals surface area contributed by atoms with Gasteiger partial charge in [-0.3, -0.25) is 0 Å². The molecule has 0 bridgehead atoms. The SMILES string of the molecule is c1ccc(N(c2cccc3c2sc2c4ccccc4ccc32)c2cccc3c2c2ccc4ccccc4c2n3-c2ccccc2)cc1. The number of hydrogen-bond donors (Lipinski definition) is 0. The minimum absolute atomic E-state index is 1.14. The summed E-state index contributed by atoms with van der Waals surface area (Å²) in [6.45, 7) is 0. The van der Waals surface area contributed by atoms with E-state index in [0.717, 1.165) is 11.4 Å². The lowest BCUT2D eigenvalue weighted by molar-refractivity contribution is 1.18. The lowest BCUT2D eigenvalue weighted by atomic mass is 10.0. The molecule has 220 valence electrons. The number of aromatic nitrogens is 1. The number of hydrogen-bond acceptors (Lipinski definition) is 2. The van der Waals surface area contributed by atoms with Gasteiger partial charge in [0.15, 0.2) is 0 Å². The maximum absolute atomic E-state index is 2.48. The molecule has 2 heterocycles. The third kappa shape index (κ3) is 3.90. The molecule has 2 nitrogen and oxygen atoms in total. The zero-order valence-electron chi connectivity index (χ0n) is 25.5. The fourth-order valence-corrected chi connectivity index (χ4v) is 8.85. The summed E-state index contributed by atoms with van der Waals surface area (Å²) in [5.74, 6) is 0. The molecule has 0 saturated heterocycles. The largest absolute Gasteiger partial charge is 0.309 e. The third-order valence-corrected chi connectivity index (χ3v) is 10.8. The van der Waals surface area contributed by atoms with Gasteiger partial charge in [0.05, 0.1) is 27.1 Å². The van der Waals surface area contributed by atoms with Crippen LogP contribution in [0.25, 0.3) is 69.2 Å². The summed E-state index contributed by atoms with van der Waals surface area (Å²) < 4.78 is 5.08. The van der Waals surface area contributed by atoms with E-state index in [-0.39, 0.29) is 0 Å². The van der Waals surface area contributed by atoms with Crippen molar-refractivity contribution in [2.45, 2.75) is 0 Å². The van der Waals surface area contributed by atoms with Gasteiger partial charge in [-0.05, 0) is 58.6 Å². The van der Waals surface area contributed by atoms with Gasteiger partial charge < -0.3 is 9.47 Å². The van der Waals surface area contributed by atoms with Crippen LogP contribution >= 0.6 is 11.3 Å². The van der Waals surface area contributed by atoms with Gasteiger partial charge in [-0.15, -0.1) is 11.3 Å². The Morgan fingerprint density at radius 3 is 1.81 bits per heavy atom. The first-order chi connectivity index (χ1) is 23.3. The van der Waals surface area contributed by atoms with Crippen molar-refractivity contribution in [3.05, 3.63) is 170 Å². The molecule has 0 saturated carbocycles. The van der Waals surface area contributed by atoms with E-state index in [9.17, 15) is 0 Å². The van der Waals surface area contributed by atoms with Crippen LogP contribution in [0.15, 0.2) is 170 Å². The molecular formula is C44H28N2S. The molecule has 0 spiro atoms. The van der Waals surface area contributed by atoms with Gasteiger partial charge >= 0.3 is 0 Å². The number of nitrogens with zero attached hydrogens (tertiary/aromatic N) is 2. The molecule has 47 heavy (non-hydrogen) atoms. The summed E-state index contributed by atoms with van der Waals surface area (Å²) >= 11 is 1.90. The van der Waals surface area contributed by atoms with Gasteiger partial charge in [-0.25, -0.2) is 0 Å². The first kappa shape index (κ1) is 26.3. The van der Waals surface area contributed by atoms with E-state index in [0.29, 0.717) is 0 Å². The van der Waals surface area contributed by atoms with Crippen LogP contribution in [0, 0.1) is 0 Å².